The van der Waals surface area contributed by atoms with E-state index < -0.39 is 101 Å². The number of guanidine groups is 1. The molecule has 0 bridgehead atoms. The number of carboxylic acids is 1. The number of nitro groups is 1. The summed E-state index contributed by atoms with van der Waals surface area (Å²) < 4.78 is 42.4. The van der Waals surface area contributed by atoms with Crippen molar-refractivity contribution < 1.29 is 81.7 Å². The lowest BCUT2D eigenvalue weighted by Crippen LogP contribution is -2.68. The number of alkyl carbamates (subject to hydrolysis) is 1. The summed E-state index contributed by atoms with van der Waals surface area (Å²) in [5.41, 5.74) is 12.5. The number of carboxylic acid groups (broad SMARTS) is 1. The van der Waals surface area contributed by atoms with Crippen LogP contribution in [0.2, 0.25) is 0 Å². The number of Topliss-reactive ketones (excluding diaryl/α,β-unsaturated/α-hetero) is 1. The summed E-state index contributed by atoms with van der Waals surface area (Å²) in [6, 6.07) is 14.4. The summed E-state index contributed by atoms with van der Waals surface area (Å²) in [4.78, 5) is 125. The van der Waals surface area contributed by atoms with Crippen molar-refractivity contribution in [2.75, 3.05) is 13.1 Å². The van der Waals surface area contributed by atoms with E-state index >= 15 is 0 Å². The Morgan fingerprint density at radius 2 is 1.13 bits per heavy atom. The highest BCUT2D eigenvalue weighted by molar-refractivity contribution is 5.89. The van der Waals surface area contributed by atoms with Gasteiger partial charge >= 0.3 is 18.2 Å². The first-order valence-electron chi connectivity index (χ1n) is 24.6. The Labute approximate surface area is 443 Å². The number of benzene rings is 2. The molecule has 0 fully saturated rings. The van der Waals surface area contributed by atoms with Crippen molar-refractivity contribution in [3.8, 4) is 0 Å². The fourth-order valence-electron chi connectivity index (χ4n) is 6.93. The first-order valence-corrected chi connectivity index (χ1v) is 24.6. The predicted molar refractivity (Wildman–Crippen MR) is 268 cm³/mol. The molecule has 2 rings (SSSR count). The standard InChI is InChI=1S/C47H71N11O12.C2HF3O2/c1-30(23-38(59)27-37(45(65)69-28-35-15-8-6-9-16-35)19-12-13-21-51-47(66)70-29-36-17-10-7-11-18-36)52-40(60)24-31(2)53-41(61)25-32(3)54-42(62)26-33(4)55-43(63)34(5)56-44(64)39(48)20-14-22-50-46(49)57-58(67)68;3-2(4,5)1(6)7/h6-11,15-18,30-34,37,39H,12-14,19-29,48H2,1-5H3,(H,51,66)(H,52,60)(H,53,61)(H,54,62)(H,55,63)(H,56,64)(H3,49,50,57);(H,6,7)/t30-,31-,32-,33-,34-,37+,39-;/m0./s1. The maximum absolute atomic E-state index is 13.2. The van der Waals surface area contributed by atoms with Crippen LogP contribution in [0.1, 0.15) is 110 Å². The lowest BCUT2D eigenvalue weighted by atomic mass is 9.94. The second kappa shape index (κ2) is 36.1. The number of hydrogen-bond acceptors (Lipinski definition) is 15. The van der Waals surface area contributed by atoms with Crippen LogP contribution in [0, 0.1) is 16.0 Å². The summed E-state index contributed by atoms with van der Waals surface area (Å²) in [7, 11) is 0. The third-order valence-electron chi connectivity index (χ3n) is 10.7. The van der Waals surface area contributed by atoms with E-state index in [1.165, 1.54) is 6.92 Å². The van der Waals surface area contributed by atoms with Gasteiger partial charge in [-0.05, 0) is 65.0 Å². The second-order valence-corrected chi connectivity index (χ2v) is 18.1. The Morgan fingerprint density at radius 3 is 1.61 bits per heavy atom. The third kappa shape index (κ3) is 32.9. The van der Waals surface area contributed by atoms with Crippen LogP contribution in [0.5, 0.6) is 0 Å². The summed E-state index contributed by atoms with van der Waals surface area (Å²) in [5.74, 6) is -7.15. The first kappa shape index (κ1) is 67.1. The minimum Gasteiger partial charge on any atom is -0.542 e. The minimum absolute atomic E-state index is 0.0408. The molecule has 2 aromatic carbocycles. The van der Waals surface area contributed by atoms with Crippen LogP contribution in [0.25, 0.3) is 0 Å². The van der Waals surface area contributed by atoms with Gasteiger partial charge in [0.05, 0.1) is 5.92 Å². The van der Waals surface area contributed by atoms with E-state index in [4.69, 9.17) is 25.1 Å². The molecular formula is C49H72F3N11O14. The van der Waals surface area contributed by atoms with Crippen molar-refractivity contribution in [2.45, 2.75) is 154 Å². The molecule has 77 heavy (non-hydrogen) atoms. The summed E-state index contributed by atoms with van der Waals surface area (Å²) >= 11 is 0. The van der Waals surface area contributed by atoms with E-state index in [-0.39, 0.29) is 70.0 Å². The Bertz CT molecular complexity index is 2260. The molecule has 7 atom stereocenters. The average Bonchev–Trinajstić information content (AvgIpc) is 3.33. The molecular weight excluding hydrogens is 1020 g/mol. The largest absolute Gasteiger partial charge is 0.542 e. The number of nitrogens with zero attached hydrogens (tertiary/aromatic N) is 2. The third-order valence-corrected chi connectivity index (χ3v) is 10.7. The fourth-order valence-corrected chi connectivity index (χ4v) is 6.93. The number of aliphatic carboxylic acids is 1. The van der Waals surface area contributed by atoms with Crippen LogP contribution in [0.15, 0.2) is 65.7 Å². The van der Waals surface area contributed by atoms with E-state index in [1.807, 2.05) is 60.7 Å². The second-order valence-electron chi connectivity index (χ2n) is 18.1. The van der Waals surface area contributed by atoms with Gasteiger partial charge in [0.1, 0.15) is 31.0 Å². The van der Waals surface area contributed by atoms with Crippen LogP contribution in [-0.2, 0) is 61.0 Å². The molecule has 0 spiro atoms. The van der Waals surface area contributed by atoms with E-state index in [2.05, 4.69) is 42.6 Å². The fraction of sp³-hybridized carbons (Fsp3) is 0.551. The number of alkyl halides is 3. The Morgan fingerprint density at radius 1 is 0.662 bits per heavy atom. The molecule has 25 nitrogen and oxygen atoms in total. The smallest absolute Gasteiger partial charge is 0.430 e. The molecule has 0 saturated carbocycles. The van der Waals surface area contributed by atoms with Crippen molar-refractivity contribution in [2.24, 2.45) is 16.6 Å². The Hall–Kier alpha value is -7.91. The number of halogens is 3. The van der Waals surface area contributed by atoms with Crippen LogP contribution < -0.4 is 53.9 Å². The SMILES string of the molecule is C[C@H](NC(=O)[C@@H]([NH3+])CCCN=C(N)N[N+](=O)[O-])C(=O)N[C@@H](C)CC(=O)N[C@@H](C)CC(=O)N[C@@H](C)CC(=O)N[C@@H](C)CC(=O)C[C@@H](CCCCNC(=O)OCc1ccccc1)C(=O)OCc1ccccc1.O=C([O-])C(F)(F)F. The molecule has 0 unspecified atom stereocenters. The molecule has 6 amide bonds. The summed E-state index contributed by atoms with van der Waals surface area (Å²) in [6.45, 7) is 8.65. The number of nitrogens with one attached hydrogen (secondary N) is 7. The zero-order valence-electron chi connectivity index (χ0n) is 43.7. The van der Waals surface area contributed by atoms with Crippen molar-refractivity contribution in [3.63, 3.8) is 0 Å². The topological polar surface area (TPSA) is 389 Å². The highest BCUT2D eigenvalue weighted by Gasteiger charge is 2.29. The molecule has 0 aromatic heterocycles. The van der Waals surface area contributed by atoms with Gasteiger partial charge in [-0.15, -0.1) is 0 Å². The molecule has 0 heterocycles. The van der Waals surface area contributed by atoms with E-state index in [1.54, 1.807) is 33.1 Å². The van der Waals surface area contributed by atoms with Gasteiger partial charge in [-0.1, -0.05) is 72.5 Å². The Balaban J connectivity index is 0.00000394. The van der Waals surface area contributed by atoms with Gasteiger partial charge in [0.25, 0.3) is 11.9 Å². The number of unbranched alkanes of at least 4 members (excludes halogenated alkanes) is 1. The Kier molecular flexibility index (Phi) is 31.5. The van der Waals surface area contributed by atoms with Crippen molar-refractivity contribution in [1.29, 1.82) is 0 Å². The quantitative estimate of drug-likeness (QED) is 0.0119. The maximum atomic E-state index is 13.2. The van der Waals surface area contributed by atoms with Gasteiger partial charge in [0.15, 0.2) is 11.1 Å². The van der Waals surface area contributed by atoms with Crippen molar-refractivity contribution >= 4 is 59.3 Å². The number of amides is 6. The molecule has 2 aromatic rings. The van der Waals surface area contributed by atoms with E-state index in [9.17, 15) is 61.6 Å². The average molecular weight is 1100 g/mol. The van der Waals surface area contributed by atoms with Gasteiger partial charge in [0, 0.05) is 75.8 Å². The number of quaternary nitrogens is 1. The lowest BCUT2D eigenvalue weighted by molar-refractivity contribution is -0.525. The van der Waals surface area contributed by atoms with Gasteiger partial charge in [-0.3, -0.25) is 33.6 Å². The number of hydrazine groups is 1. The van der Waals surface area contributed by atoms with Gasteiger partial charge in [-0.25, -0.2) is 19.9 Å². The molecule has 28 heteroatoms. The van der Waals surface area contributed by atoms with E-state index in [0.29, 0.717) is 32.2 Å². The number of carbonyl (C=O) groups excluding carboxylic acids is 9. The van der Waals surface area contributed by atoms with Crippen LogP contribution in [0.4, 0.5) is 18.0 Å². The number of aliphatic imine (C=N–C) groups is 1. The van der Waals surface area contributed by atoms with Crippen LogP contribution >= 0.6 is 0 Å². The van der Waals surface area contributed by atoms with E-state index in [0.717, 1.165) is 11.1 Å². The van der Waals surface area contributed by atoms with Crippen LogP contribution in [-0.4, -0.2) is 120 Å². The lowest BCUT2D eigenvalue weighted by Gasteiger charge is -2.21. The number of carbonyl (C=O) groups is 9. The van der Waals surface area contributed by atoms with Gasteiger partial charge in [-0.2, -0.15) is 13.2 Å². The highest BCUT2D eigenvalue weighted by Crippen LogP contribution is 2.19. The van der Waals surface area contributed by atoms with Crippen molar-refractivity contribution in [3.05, 3.63) is 81.9 Å². The highest BCUT2D eigenvalue weighted by atomic mass is 19.4. The first-order chi connectivity index (χ1) is 36.1. The normalized spacial score (nSPS) is 13.9. The zero-order valence-corrected chi connectivity index (χ0v) is 43.7. The number of ether oxygens (including phenoxy) is 2. The maximum Gasteiger partial charge on any atom is 0.430 e. The molecule has 12 N–H and O–H groups in total. The molecule has 0 radical (unpaired) electrons. The molecule has 0 aliphatic carbocycles. The predicted octanol–water partition coefficient (Wildman–Crippen LogP) is 0.271. The molecule has 428 valence electrons. The molecule has 0 aliphatic rings. The van der Waals surface area contributed by atoms with Crippen molar-refractivity contribution in [1.82, 2.24) is 37.3 Å². The molecule has 0 saturated heterocycles. The summed E-state index contributed by atoms with van der Waals surface area (Å²) in [6.07, 6.45) is -4.16. The zero-order chi connectivity index (χ0) is 58.1. The number of esters is 1. The van der Waals surface area contributed by atoms with Gasteiger partial charge in [0.2, 0.25) is 23.6 Å². The number of rotatable bonds is 32. The number of ketones is 1. The monoisotopic (exact) mass is 1100 g/mol. The minimum atomic E-state index is -5.19. The van der Waals surface area contributed by atoms with Crippen LogP contribution in [0.3, 0.4) is 0 Å². The number of hydrogen-bond donors (Lipinski definition) is 9. The molecule has 0 aliphatic heterocycles. The summed E-state index contributed by atoms with van der Waals surface area (Å²) in [5, 5.41) is 34.5. The number of nitrogens with two attached hydrogens (primary N) is 1. The van der Waals surface area contributed by atoms with Gasteiger partial charge < -0.3 is 62.7 Å².